The molecule has 0 spiro atoms. The molecule has 0 fully saturated rings. The van der Waals surface area contributed by atoms with Crippen molar-refractivity contribution >= 4 is 0 Å². The fourth-order valence-corrected chi connectivity index (χ4v) is 1.09. The third-order valence-corrected chi connectivity index (χ3v) is 1.62. The fourth-order valence-electron chi connectivity index (χ4n) is 1.09. The Balaban J connectivity index is 2.96. The first-order valence-electron chi connectivity index (χ1n) is 4.41. The molecule has 0 saturated heterocycles. The van der Waals surface area contributed by atoms with Gasteiger partial charge >= 0.3 is 6.36 Å². The summed E-state index contributed by atoms with van der Waals surface area (Å²) in [6, 6.07) is 4.41. The van der Waals surface area contributed by atoms with Gasteiger partial charge in [0.15, 0.2) is 11.5 Å². The van der Waals surface area contributed by atoms with Crippen LogP contribution in [0, 0.1) is 6.92 Å². The van der Waals surface area contributed by atoms with Gasteiger partial charge in [-0.2, -0.15) is 0 Å². The highest BCUT2D eigenvalue weighted by Crippen LogP contribution is 2.32. The van der Waals surface area contributed by atoms with Gasteiger partial charge in [-0.15, -0.1) is 13.2 Å². The number of hydrogen-bond donors (Lipinski definition) is 0. The monoisotopic (exact) mass is 220 g/mol. The van der Waals surface area contributed by atoms with Crippen LogP contribution in [0.2, 0.25) is 0 Å². The van der Waals surface area contributed by atoms with E-state index in [1.54, 1.807) is 19.9 Å². The van der Waals surface area contributed by atoms with Gasteiger partial charge in [-0.1, -0.05) is 6.07 Å². The number of benzene rings is 1. The van der Waals surface area contributed by atoms with Crippen LogP contribution < -0.4 is 9.47 Å². The van der Waals surface area contributed by atoms with Gasteiger partial charge in [-0.3, -0.25) is 0 Å². The molecule has 84 valence electrons. The zero-order valence-electron chi connectivity index (χ0n) is 8.39. The Morgan fingerprint density at radius 3 is 2.40 bits per heavy atom. The lowest BCUT2D eigenvalue weighted by Crippen LogP contribution is -2.17. The van der Waals surface area contributed by atoms with E-state index in [1.165, 1.54) is 12.1 Å². The summed E-state index contributed by atoms with van der Waals surface area (Å²) >= 11 is 0. The first-order valence-corrected chi connectivity index (χ1v) is 4.41. The third kappa shape index (κ3) is 3.69. The summed E-state index contributed by atoms with van der Waals surface area (Å²) < 4.78 is 44.9. The van der Waals surface area contributed by atoms with E-state index in [9.17, 15) is 13.2 Å². The normalized spacial score (nSPS) is 11.3. The summed E-state index contributed by atoms with van der Waals surface area (Å²) in [5, 5.41) is 0. The van der Waals surface area contributed by atoms with Crippen molar-refractivity contribution in [1.82, 2.24) is 0 Å². The second kappa shape index (κ2) is 4.42. The van der Waals surface area contributed by atoms with Crippen LogP contribution in [0.5, 0.6) is 11.5 Å². The highest BCUT2D eigenvalue weighted by molar-refractivity contribution is 5.42. The predicted molar refractivity (Wildman–Crippen MR) is 49.0 cm³/mol. The minimum Gasteiger partial charge on any atom is -0.490 e. The molecule has 5 heteroatoms. The number of rotatable bonds is 3. The lowest BCUT2D eigenvalue weighted by Gasteiger charge is -2.13. The topological polar surface area (TPSA) is 18.5 Å². The maximum atomic E-state index is 12.0. The van der Waals surface area contributed by atoms with Crippen LogP contribution in [0.25, 0.3) is 0 Å². The molecular formula is C10H11F3O2. The minimum absolute atomic E-state index is 0.0976. The van der Waals surface area contributed by atoms with Crippen molar-refractivity contribution in [3.05, 3.63) is 23.8 Å². The molecule has 0 aliphatic rings. The van der Waals surface area contributed by atoms with Crippen LogP contribution in [0.15, 0.2) is 18.2 Å². The van der Waals surface area contributed by atoms with Crippen LogP contribution in [0.4, 0.5) is 13.2 Å². The van der Waals surface area contributed by atoms with Gasteiger partial charge in [0.05, 0.1) is 6.61 Å². The van der Waals surface area contributed by atoms with Crippen LogP contribution >= 0.6 is 0 Å². The maximum absolute atomic E-state index is 12.0. The number of halogens is 3. The number of alkyl halides is 3. The SMILES string of the molecule is CCOc1ccc(C)cc1OC(F)(F)F. The average Bonchev–Trinajstić information content (AvgIpc) is 2.07. The van der Waals surface area contributed by atoms with Crippen molar-refractivity contribution in [2.24, 2.45) is 0 Å². The molecule has 0 aromatic heterocycles. The first kappa shape index (κ1) is 11.7. The second-order valence-corrected chi connectivity index (χ2v) is 2.93. The van der Waals surface area contributed by atoms with Gasteiger partial charge < -0.3 is 9.47 Å². The number of ether oxygens (including phenoxy) is 2. The van der Waals surface area contributed by atoms with E-state index in [0.717, 1.165) is 0 Å². The van der Waals surface area contributed by atoms with Gasteiger partial charge in [-0.25, -0.2) is 0 Å². The van der Waals surface area contributed by atoms with Crippen LogP contribution in [-0.4, -0.2) is 13.0 Å². The molecule has 0 atom stereocenters. The molecule has 0 radical (unpaired) electrons. The molecule has 0 heterocycles. The zero-order chi connectivity index (χ0) is 11.5. The highest BCUT2D eigenvalue weighted by atomic mass is 19.4. The van der Waals surface area contributed by atoms with E-state index in [1.807, 2.05) is 0 Å². The number of hydrogen-bond acceptors (Lipinski definition) is 2. The molecule has 0 aliphatic heterocycles. The molecule has 1 aromatic carbocycles. The van der Waals surface area contributed by atoms with Gasteiger partial charge in [0.1, 0.15) is 0 Å². The summed E-state index contributed by atoms with van der Waals surface area (Å²) in [4.78, 5) is 0. The Kier molecular flexibility index (Phi) is 3.44. The fraction of sp³-hybridized carbons (Fsp3) is 0.400. The van der Waals surface area contributed by atoms with Gasteiger partial charge in [-0.05, 0) is 31.5 Å². The van der Waals surface area contributed by atoms with Crippen molar-refractivity contribution in [2.75, 3.05) is 6.61 Å². The predicted octanol–water partition coefficient (Wildman–Crippen LogP) is 3.29. The van der Waals surface area contributed by atoms with Gasteiger partial charge in [0, 0.05) is 0 Å². The Hall–Kier alpha value is -1.39. The quantitative estimate of drug-likeness (QED) is 0.778. The van der Waals surface area contributed by atoms with Crippen molar-refractivity contribution in [3.63, 3.8) is 0 Å². The van der Waals surface area contributed by atoms with E-state index in [-0.39, 0.29) is 18.1 Å². The van der Waals surface area contributed by atoms with E-state index in [2.05, 4.69) is 4.74 Å². The molecule has 1 rings (SSSR count). The highest BCUT2D eigenvalue weighted by Gasteiger charge is 2.32. The Morgan fingerprint density at radius 2 is 1.87 bits per heavy atom. The van der Waals surface area contributed by atoms with E-state index >= 15 is 0 Å². The van der Waals surface area contributed by atoms with Crippen molar-refractivity contribution in [1.29, 1.82) is 0 Å². The largest absolute Gasteiger partial charge is 0.573 e. The van der Waals surface area contributed by atoms with E-state index in [0.29, 0.717) is 5.56 Å². The van der Waals surface area contributed by atoms with E-state index in [4.69, 9.17) is 4.74 Å². The van der Waals surface area contributed by atoms with Crippen LogP contribution in [0.3, 0.4) is 0 Å². The Morgan fingerprint density at radius 1 is 1.20 bits per heavy atom. The molecule has 2 nitrogen and oxygen atoms in total. The van der Waals surface area contributed by atoms with Crippen LogP contribution in [0.1, 0.15) is 12.5 Å². The second-order valence-electron chi connectivity index (χ2n) is 2.93. The number of aryl methyl sites for hydroxylation is 1. The summed E-state index contributed by atoms with van der Waals surface area (Å²) in [6.45, 7) is 3.66. The standard InChI is InChI=1S/C10H11F3O2/c1-3-14-8-5-4-7(2)6-9(8)15-10(11,12)13/h4-6H,3H2,1-2H3. The third-order valence-electron chi connectivity index (χ3n) is 1.62. The molecule has 15 heavy (non-hydrogen) atoms. The Labute approximate surface area is 85.6 Å². The molecule has 0 bridgehead atoms. The summed E-state index contributed by atoms with van der Waals surface area (Å²) in [5.41, 5.74) is 0.678. The molecule has 1 aromatic rings. The minimum atomic E-state index is -4.69. The van der Waals surface area contributed by atoms with Crippen molar-refractivity contribution in [2.45, 2.75) is 20.2 Å². The first-order chi connectivity index (χ1) is 6.92. The van der Waals surface area contributed by atoms with E-state index < -0.39 is 6.36 Å². The smallest absolute Gasteiger partial charge is 0.490 e. The zero-order valence-corrected chi connectivity index (χ0v) is 8.39. The summed E-state index contributed by atoms with van der Waals surface area (Å²) in [5.74, 6) is -0.204. The molecule has 0 unspecified atom stereocenters. The summed E-state index contributed by atoms with van der Waals surface area (Å²) in [7, 11) is 0. The summed E-state index contributed by atoms with van der Waals surface area (Å²) in [6.07, 6.45) is -4.69. The molecular weight excluding hydrogens is 209 g/mol. The molecule has 0 saturated carbocycles. The van der Waals surface area contributed by atoms with Gasteiger partial charge in [0.25, 0.3) is 0 Å². The maximum Gasteiger partial charge on any atom is 0.573 e. The van der Waals surface area contributed by atoms with Crippen molar-refractivity contribution in [3.8, 4) is 11.5 Å². The van der Waals surface area contributed by atoms with Gasteiger partial charge in [0.2, 0.25) is 0 Å². The van der Waals surface area contributed by atoms with Crippen molar-refractivity contribution < 1.29 is 22.6 Å². The molecule has 0 aliphatic carbocycles. The Bertz CT molecular complexity index is 334. The molecule has 0 amide bonds. The van der Waals surface area contributed by atoms with Crippen LogP contribution in [-0.2, 0) is 0 Å². The lowest BCUT2D eigenvalue weighted by atomic mass is 10.2. The lowest BCUT2D eigenvalue weighted by molar-refractivity contribution is -0.275. The molecule has 0 N–H and O–H groups in total. The average molecular weight is 220 g/mol.